The Morgan fingerprint density at radius 1 is 1.26 bits per heavy atom. The average molecular weight is 388 g/mol. The predicted molar refractivity (Wildman–Crippen MR) is 103 cm³/mol. The first-order valence-electron chi connectivity index (χ1n) is 8.38. The summed E-state index contributed by atoms with van der Waals surface area (Å²) >= 11 is 6.03. The molecule has 2 aromatic rings. The molecule has 140 valence electrons. The summed E-state index contributed by atoms with van der Waals surface area (Å²) in [4.78, 5) is 37.0. The Morgan fingerprint density at radius 2 is 2.00 bits per heavy atom. The third kappa shape index (κ3) is 3.93. The van der Waals surface area contributed by atoms with Crippen molar-refractivity contribution in [3.63, 3.8) is 0 Å². The maximum atomic E-state index is 12.6. The Bertz CT molecular complexity index is 945. The lowest BCUT2D eigenvalue weighted by Gasteiger charge is -2.19. The van der Waals surface area contributed by atoms with E-state index in [1.54, 1.807) is 4.90 Å². The van der Waals surface area contributed by atoms with Crippen molar-refractivity contribution in [2.24, 2.45) is 5.92 Å². The lowest BCUT2D eigenvalue weighted by molar-refractivity contribution is -0.384. The number of rotatable bonds is 4. The third-order valence-electron chi connectivity index (χ3n) is 4.56. The molecular weight excluding hydrogens is 370 g/mol. The molecule has 1 atom stereocenters. The molecule has 8 heteroatoms. The molecule has 0 saturated carbocycles. The van der Waals surface area contributed by atoms with Gasteiger partial charge in [0.25, 0.3) is 5.69 Å². The maximum absolute atomic E-state index is 12.6. The molecule has 0 spiro atoms. The average Bonchev–Trinajstić information content (AvgIpc) is 2.98. The molecule has 1 aliphatic rings. The van der Waals surface area contributed by atoms with Gasteiger partial charge in [0.05, 0.1) is 21.6 Å². The van der Waals surface area contributed by atoms with Gasteiger partial charge in [-0.25, -0.2) is 0 Å². The summed E-state index contributed by atoms with van der Waals surface area (Å²) < 4.78 is 0. The molecule has 7 nitrogen and oxygen atoms in total. The molecule has 3 rings (SSSR count). The highest BCUT2D eigenvalue weighted by atomic mass is 35.5. The van der Waals surface area contributed by atoms with Gasteiger partial charge in [0.1, 0.15) is 0 Å². The Balaban J connectivity index is 1.76. The van der Waals surface area contributed by atoms with E-state index in [9.17, 15) is 19.7 Å². The number of aryl methyl sites for hydroxylation is 2. The Hall–Kier alpha value is -2.93. The molecule has 1 aliphatic heterocycles. The number of hydrogen-bond acceptors (Lipinski definition) is 4. The van der Waals surface area contributed by atoms with Crippen LogP contribution in [0.25, 0.3) is 0 Å². The number of nitrogens with zero attached hydrogens (tertiary/aromatic N) is 2. The van der Waals surface area contributed by atoms with Gasteiger partial charge in [0, 0.05) is 30.8 Å². The number of anilines is 2. The lowest BCUT2D eigenvalue weighted by Crippen LogP contribution is -2.28. The van der Waals surface area contributed by atoms with Gasteiger partial charge >= 0.3 is 0 Å². The summed E-state index contributed by atoms with van der Waals surface area (Å²) in [5.74, 6) is -1.08. The number of nitro benzene ring substituents is 1. The number of hydrogen-bond donors (Lipinski definition) is 1. The van der Waals surface area contributed by atoms with Crippen molar-refractivity contribution < 1.29 is 14.5 Å². The second-order valence-electron chi connectivity index (χ2n) is 6.61. The normalized spacial score (nSPS) is 16.5. The van der Waals surface area contributed by atoms with E-state index in [1.165, 1.54) is 18.2 Å². The van der Waals surface area contributed by atoms with Crippen LogP contribution in [0.15, 0.2) is 36.4 Å². The molecule has 27 heavy (non-hydrogen) atoms. The van der Waals surface area contributed by atoms with Gasteiger partial charge in [0.2, 0.25) is 11.8 Å². The smallest absolute Gasteiger partial charge is 0.271 e. The van der Waals surface area contributed by atoms with E-state index in [-0.39, 0.29) is 35.3 Å². The van der Waals surface area contributed by atoms with Crippen molar-refractivity contribution in [2.45, 2.75) is 20.3 Å². The largest absolute Gasteiger partial charge is 0.324 e. The topological polar surface area (TPSA) is 92.6 Å². The molecule has 0 aliphatic carbocycles. The van der Waals surface area contributed by atoms with Crippen LogP contribution in [0.5, 0.6) is 0 Å². The Labute approximate surface area is 161 Å². The molecule has 0 aromatic heterocycles. The van der Waals surface area contributed by atoms with Crippen molar-refractivity contribution in [3.05, 3.63) is 62.7 Å². The van der Waals surface area contributed by atoms with Gasteiger partial charge < -0.3 is 10.2 Å². The summed E-state index contributed by atoms with van der Waals surface area (Å²) in [6, 6.07) is 9.61. The predicted octanol–water partition coefficient (Wildman–Crippen LogP) is 3.86. The van der Waals surface area contributed by atoms with Gasteiger partial charge in [0.15, 0.2) is 0 Å². The van der Waals surface area contributed by atoms with Crippen LogP contribution < -0.4 is 10.2 Å². The highest BCUT2D eigenvalue weighted by Crippen LogP contribution is 2.31. The van der Waals surface area contributed by atoms with Crippen LogP contribution >= 0.6 is 11.6 Å². The zero-order valence-corrected chi connectivity index (χ0v) is 15.6. The van der Waals surface area contributed by atoms with Gasteiger partial charge in [-0.2, -0.15) is 0 Å². The molecule has 1 heterocycles. The Kier molecular flexibility index (Phi) is 5.14. The van der Waals surface area contributed by atoms with E-state index < -0.39 is 16.7 Å². The highest BCUT2D eigenvalue weighted by Gasteiger charge is 2.36. The highest BCUT2D eigenvalue weighted by molar-refractivity contribution is 6.33. The van der Waals surface area contributed by atoms with Crippen LogP contribution in [0.3, 0.4) is 0 Å². The molecule has 0 bridgehead atoms. The number of nitrogens with one attached hydrogen (secondary N) is 1. The van der Waals surface area contributed by atoms with Crippen LogP contribution in [0.1, 0.15) is 17.5 Å². The van der Waals surface area contributed by atoms with E-state index in [1.807, 2.05) is 32.0 Å². The monoisotopic (exact) mass is 387 g/mol. The minimum atomic E-state index is -0.563. The standard InChI is InChI=1S/C19H18ClN3O4/c1-11-3-6-17(12(2)7-11)22-10-13(8-18(22)24)19(25)21-16-9-14(23(26)27)4-5-15(16)20/h3-7,9,13H,8,10H2,1-2H3,(H,21,25). The number of carbonyl (C=O) groups is 2. The zero-order valence-electron chi connectivity index (χ0n) is 14.9. The second-order valence-corrected chi connectivity index (χ2v) is 7.01. The van der Waals surface area contributed by atoms with Gasteiger partial charge in [-0.15, -0.1) is 0 Å². The molecular formula is C19H18ClN3O4. The molecule has 0 radical (unpaired) electrons. The van der Waals surface area contributed by atoms with Gasteiger partial charge in [-0.05, 0) is 31.5 Å². The minimum Gasteiger partial charge on any atom is -0.324 e. The van der Waals surface area contributed by atoms with E-state index in [2.05, 4.69) is 5.32 Å². The molecule has 1 saturated heterocycles. The first-order chi connectivity index (χ1) is 12.8. The number of amides is 2. The molecule has 1 fully saturated rings. The number of carbonyl (C=O) groups excluding carboxylic acids is 2. The van der Waals surface area contributed by atoms with Crippen molar-refractivity contribution >= 4 is 40.5 Å². The lowest BCUT2D eigenvalue weighted by atomic mass is 10.1. The van der Waals surface area contributed by atoms with Crippen LogP contribution in [-0.2, 0) is 9.59 Å². The van der Waals surface area contributed by atoms with Crippen LogP contribution in [-0.4, -0.2) is 23.3 Å². The third-order valence-corrected chi connectivity index (χ3v) is 4.89. The quantitative estimate of drug-likeness (QED) is 0.636. The number of halogens is 1. The fourth-order valence-corrected chi connectivity index (χ4v) is 3.35. The fourth-order valence-electron chi connectivity index (χ4n) is 3.18. The summed E-state index contributed by atoms with van der Waals surface area (Å²) in [6.07, 6.45) is 0.0751. The molecule has 1 unspecified atom stereocenters. The Morgan fingerprint density at radius 3 is 2.67 bits per heavy atom. The number of nitro groups is 1. The van der Waals surface area contributed by atoms with Crippen LogP contribution in [0.4, 0.5) is 17.1 Å². The molecule has 1 N–H and O–H groups in total. The van der Waals surface area contributed by atoms with Crippen molar-refractivity contribution in [3.8, 4) is 0 Å². The summed E-state index contributed by atoms with van der Waals surface area (Å²) in [7, 11) is 0. The van der Waals surface area contributed by atoms with E-state index in [0.29, 0.717) is 0 Å². The first-order valence-corrected chi connectivity index (χ1v) is 8.76. The maximum Gasteiger partial charge on any atom is 0.271 e. The summed E-state index contributed by atoms with van der Waals surface area (Å²) in [6.45, 7) is 4.15. The van der Waals surface area contributed by atoms with Gasteiger partial charge in [-0.1, -0.05) is 29.3 Å². The van der Waals surface area contributed by atoms with E-state index in [4.69, 9.17) is 11.6 Å². The number of non-ortho nitro benzene ring substituents is 1. The van der Waals surface area contributed by atoms with Crippen LogP contribution in [0, 0.1) is 29.9 Å². The van der Waals surface area contributed by atoms with E-state index in [0.717, 1.165) is 16.8 Å². The van der Waals surface area contributed by atoms with Gasteiger partial charge in [-0.3, -0.25) is 19.7 Å². The fraction of sp³-hybridized carbons (Fsp3) is 0.263. The second kappa shape index (κ2) is 7.36. The minimum absolute atomic E-state index is 0.0751. The zero-order chi connectivity index (χ0) is 19.7. The summed E-state index contributed by atoms with van der Waals surface area (Å²) in [5, 5.41) is 13.7. The van der Waals surface area contributed by atoms with Crippen molar-refractivity contribution in [1.29, 1.82) is 0 Å². The number of benzene rings is 2. The molecule has 2 aromatic carbocycles. The molecule has 2 amide bonds. The summed E-state index contributed by atoms with van der Waals surface area (Å²) in [5.41, 5.74) is 2.83. The van der Waals surface area contributed by atoms with Crippen molar-refractivity contribution in [1.82, 2.24) is 0 Å². The first kappa shape index (κ1) is 18.8. The van der Waals surface area contributed by atoms with Crippen LogP contribution in [0.2, 0.25) is 5.02 Å². The SMILES string of the molecule is Cc1ccc(N2CC(C(=O)Nc3cc([N+](=O)[O-])ccc3Cl)CC2=O)c(C)c1. The van der Waals surface area contributed by atoms with E-state index >= 15 is 0 Å². The van der Waals surface area contributed by atoms with Crippen molar-refractivity contribution in [2.75, 3.05) is 16.8 Å².